The van der Waals surface area contributed by atoms with E-state index in [0.29, 0.717) is 16.3 Å². The number of aryl methyl sites for hydroxylation is 1. The molecule has 0 aliphatic heterocycles. The molecule has 2 amide bonds. The molecule has 0 spiro atoms. The molecular weight excluding hydrogens is 419 g/mol. The molecule has 8 heteroatoms. The van der Waals surface area contributed by atoms with Crippen LogP contribution in [0.15, 0.2) is 71.8 Å². The lowest BCUT2D eigenvalue weighted by molar-refractivity contribution is -0.139. The number of rotatable bonds is 6. The number of carbonyl (C=O) groups is 2. The highest BCUT2D eigenvalue weighted by Gasteiger charge is 2.12. The molecule has 0 aliphatic carbocycles. The van der Waals surface area contributed by atoms with Gasteiger partial charge in [0.15, 0.2) is 0 Å². The van der Waals surface area contributed by atoms with Crippen LogP contribution in [-0.2, 0) is 16.1 Å². The van der Waals surface area contributed by atoms with Crippen molar-refractivity contribution in [3.8, 4) is 0 Å². The van der Waals surface area contributed by atoms with E-state index in [0.717, 1.165) is 11.1 Å². The van der Waals surface area contributed by atoms with Crippen molar-refractivity contribution in [1.29, 1.82) is 0 Å². The Morgan fingerprint density at radius 1 is 1.00 bits per heavy atom. The third-order valence-electron chi connectivity index (χ3n) is 4.31. The standard InChI is InChI=1S/C23H20ClFN4O2/c1-15-6-8-16(9-7-15)13-26-22(30)23(31)29-27-14-17-12-18(24)10-11-20(17)28-21-5-3-2-4-19(21)25/h2-12,14,28H,13H2,1H3,(H,26,30)(H,29,31)/b27-14-. The molecule has 0 unspecified atom stereocenters. The Labute approximate surface area is 184 Å². The van der Waals surface area contributed by atoms with Crippen molar-refractivity contribution in [1.82, 2.24) is 10.7 Å². The van der Waals surface area contributed by atoms with E-state index in [4.69, 9.17) is 11.6 Å². The fraction of sp³-hybridized carbons (Fsp3) is 0.0870. The first-order valence-corrected chi connectivity index (χ1v) is 9.78. The first-order chi connectivity index (χ1) is 14.9. The maximum atomic E-state index is 13.9. The predicted molar refractivity (Wildman–Crippen MR) is 120 cm³/mol. The highest BCUT2D eigenvalue weighted by molar-refractivity contribution is 6.35. The highest BCUT2D eigenvalue weighted by Crippen LogP contribution is 2.24. The van der Waals surface area contributed by atoms with Gasteiger partial charge in [-0.1, -0.05) is 53.6 Å². The molecule has 0 saturated heterocycles. The summed E-state index contributed by atoms with van der Waals surface area (Å²) in [7, 11) is 0. The Bertz CT molecular complexity index is 1120. The fourth-order valence-electron chi connectivity index (χ4n) is 2.64. The van der Waals surface area contributed by atoms with Gasteiger partial charge in [0.25, 0.3) is 0 Å². The minimum Gasteiger partial charge on any atom is -0.353 e. The number of carbonyl (C=O) groups excluding carboxylic acids is 2. The number of hydrogen-bond donors (Lipinski definition) is 3. The lowest BCUT2D eigenvalue weighted by Crippen LogP contribution is -2.37. The molecule has 158 valence electrons. The number of amides is 2. The molecule has 6 nitrogen and oxygen atoms in total. The Hall–Kier alpha value is -3.71. The van der Waals surface area contributed by atoms with Gasteiger partial charge in [-0.2, -0.15) is 5.10 Å². The van der Waals surface area contributed by atoms with E-state index >= 15 is 0 Å². The zero-order valence-electron chi connectivity index (χ0n) is 16.7. The number of benzene rings is 3. The summed E-state index contributed by atoms with van der Waals surface area (Å²) >= 11 is 6.04. The highest BCUT2D eigenvalue weighted by atomic mass is 35.5. The van der Waals surface area contributed by atoms with E-state index in [9.17, 15) is 14.0 Å². The second-order valence-electron chi connectivity index (χ2n) is 6.70. The summed E-state index contributed by atoms with van der Waals surface area (Å²) < 4.78 is 13.9. The monoisotopic (exact) mass is 438 g/mol. The van der Waals surface area contributed by atoms with Gasteiger partial charge >= 0.3 is 11.8 Å². The number of halogens is 2. The van der Waals surface area contributed by atoms with Crippen LogP contribution in [0.4, 0.5) is 15.8 Å². The van der Waals surface area contributed by atoms with Crippen LogP contribution in [0.5, 0.6) is 0 Å². The normalized spacial score (nSPS) is 10.7. The Morgan fingerprint density at radius 2 is 1.74 bits per heavy atom. The number of hydrazone groups is 1. The molecule has 3 N–H and O–H groups in total. The smallest absolute Gasteiger partial charge is 0.329 e. The van der Waals surface area contributed by atoms with E-state index in [1.165, 1.54) is 12.3 Å². The van der Waals surface area contributed by atoms with Crippen LogP contribution in [0.2, 0.25) is 5.02 Å². The number of anilines is 2. The summed E-state index contributed by atoms with van der Waals surface area (Å²) in [5, 5.41) is 9.73. The minimum atomic E-state index is -0.908. The second kappa shape index (κ2) is 10.4. The van der Waals surface area contributed by atoms with Crippen molar-refractivity contribution in [3.05, 3.63) is 94.3 Å². The summed E-state index contributed by atoms with van der Waals surface area (Å²) in [5.74, 6) is -2.14. The van der Waals surface area contributed by atoms with Gasteiger partial charge in [-0.25, -0.2) is 9.82 Å². The van der Waals surface area contributed by atoms with Crippen molar-refractivity contribution in [2.75, 3.05) is 5.32 Å². The molecule has 3 aromatic carbocycles. The average molecular weight is 439 g/mol. The summed E-state index contributed by atoms with van der Waals surface area (Å²) in [6.45, 7) is 2.19. The van der Waals surface area contributed by atoms with Crippen LogP contribution in [0.25, 0.3) is 0 Å². The third kappa shape index (κ3) is 6.38. The van der Waals surface area contributed by atoms with Crippen molar-refractivity contribution in [2.45, 2.75) is 13.5 Å². The Morgan fingerprint density at radius 3 is 2.48 bits per heavy atom. The van der Waals surface area contributed by atoms with Gasteiger partial charge in [0.1, 0.15) is 5.82 Å². The SMILES string of the molecule is Cc1ccc(CNC(=O)C(=O)N/N=C\c2cc(Cl)ccc2Nc2ccccc2F)cc1. The van der Waals surface area contributed by atoms with Gasteiger partial charge < -0.3 is 10.6 Å². The van der Waals surface area contributed by atoms with Crippen molar-refractivity contribution in [3.63, 3.8) is 0 Å². The van der Waals surface area contributed by atoms with E-state index in [1.807, 2.05) is 31.2 Å². The van der Waals surface area contributed by atoms with Gasteiger partial charge in [0.05, 0.1) is 11.9 Å². The molecule has 0 aliphatic rings. The zero-order chi connectivity index (χ0) is 22.2. The maximum Gasteiger partial charge on any atom is 0.329 e. The van der Waals surface area contributed by atoms with Gasteiger partial charge in [0.2, 0.25) is 0 Å². The Balaban J connectivity index is 1.61. The molecule has 0 aromatic heterocycles. The number of para-hydroxylation sites is 1. The molecule has 3 rings (SSSR count). The van der Waals surface area contributed by atoms with Gasteiger partial charge in [0, 0.05) is 22.8 Å². The molecule has 0 atom stereocenters. The van der Waals surface area contributed by atoms with Gasteiger partial charge in [-0.3, -0.25) is 9.59 Å². The summed E-state index contributed by atoms with van der Waals surface area (Å²) in [4.78, 5) is 23.9. The van der Waals surface area contributed by atoms with E-state index in [1.54, 1.807) is 36.4 Å². The quantitative estimate of drug-likeness (QED) is 0.305. The molecule has 0 fully saturated rings. The summed E-state index contributed by atoms with van der Waals surface area (Å²) in [6, 6.07) is 18.7. The molecular formula is C23H20ClFN4O2. The van der Waals surface area contributed by atoms with Crippen LogP contribution in [0.3, 0.4) is 0 Å². The average Bonchev–Trinajstić information content (AvgIpc) is 2.76. The third-order valence-corrected chi connectivity index (χ3v) is 4.54. The van der Waals surface area contributed by atoms with Crippen molar-refractivity contribution in [2.24, 2.45) is 5.10 Å². The maximum absolute atomic E-state index is 13.9. The van der Waals surface area contributed by atoms with Crippen molar-refractivity contribution < 1.29 is 14.0 Å². The Kier molecular flexibility index (Phi) is 7.35. The number of nitrogens with one attached hydrogen (secondary N) is 3. The predicted octanol–water partition coefficient (Wildman–Crippen LogP) is 4.30. The summed E-state index contributed by atoms with van der Waals surface area (Å²) in [6.07, 6.45) is 1.32. The first kappa shape index (κ1) is 22.0. The van der Waals surface area contributed by atoms with Crippen LogP contribution in [0, 0.1) is 12.7 Å². The molecule has 31 heavy (non-hydrogen) atoms. The first-order valence-electron chi connectivity index (χ1n) is 9.40. The minimum absolute atomic E-state index is 0.223. The fourth-order valence-corrected chi connectivity index (χ4v) is 2.82. The molecule has 0 heterocycles. The van der Waals surface area contributed by atoms with Crippen LogP contribution >= 0.6 is 11.6 Å². The van der Waals surface area contributed by atoms with Crippen LogP contribution < -0.4 is 16.1 Å². The van der Waals surface area contributed by atoms with E-state index in [2.05, 4.69) is 21.2 Å². The lowest BCUT2D eigenvalue weighted by atomic mass is 10.1. The lowest BCUT2D eigenvalue weighted by Gasteiger charge is -2.10. The van der Waals surface area contributed by atoms with Crippen LogP contribution in [0.1, 0.15) is 16.7 Å². The zero-order valence-corrected chi connectivity index (χ0v) is 17.4. The summed E-state index contributed by atoms with van der Waals surface area (Å²) in [5.41, 5.74) is 5.45. The second-order valence-corrected chi connectivity index (χ2v) is 7.14. The molecule has 3 aromatic rings. The molecule has 0 saturated carbocycles. The van der Waals surface area contributed by atoms with Gasteiger partial charge in [-0.05, 0) is 42.8 Å². The van der Waals surface area contributed by atoms with Crippen molar-refractivity contribution >= 4 is 41.0 Å². The largest absolute Gasteiger partial charge is 0.353 e. The van der Waals surface area contributed by atoms with Gasteiger partial charge in [-0.15, -0.1) is 0 Å². The van der Waals surface area contributed by atoms with E-state index < -0.39 is 17.6 Å². The number of nitrogens with zero attached hydrogens (tertiary/aromatic N) is 1. The number of hydrogen-bond acceptors (Lipinski definition) is 4. The van der Waals surface area contributed by atoms with Crippen LogP contribution in [-0.4, -0.2) is 18.0 Å². The van der Waals surface area contributed by atoms with E-state index in [-0.39, 0.29) is 12.2 Å². The molecule has 0 bridgehead atoms. The topological polar surface area (TPSA) is 82.6 Å². The molecule has 0 radical (unpaired) electrons.